The molecule has 1 aromatic carbocycles. The van der Waals surface area contributed by atoms with Crippen LogP contribution in [0, 0.1) is 6.92 Å². The molecule has 0 aliphatic rings. The van der Waals surface area contributed by atoms with E-state index in [1.807, 2.05) is 49.4 Å². The lowest BCUT2D eigenvalue weighted by atomic mass is 10.1. The summed E-state index contributed by atoms with van der Waals surface area (Å²) >= 11 is 0. The Kier molecular flexibility index (Phi) is 6.36. The van der Waals surface area contributed by atoms with Gasteiger partial charge >= 0.3 is 0 Å². The molecule has 0 saturated carbocycles. The van der Waals surface area contributed by atoms with E-state index in [0.717, 1.165) is 23.3 Å². The molecule has 0 aliphatic heterocycles. The largest absolute Gasteiger partial charge is 0.494 e. The Balaban J connectivity index is 1.67. The van der Waals surface area contributed by atoms with Gasteiger partial charge in [0.25, 0.3) is 5.91 Å². The number of nitrogens with zero attached hydrogens (tertiary/aromatic N) is 2. The zero-order valence-corrected chi connectivity index (χ0v) is 15.9. The van der Waals surface area contributed by atoms with Gasteiger partial charge in [0, 0.05) is 18.0 Å². The number of pyridine rings is 2. The Morgan fingerprint density at radius 1 is 1.07 bits per heavy atom. The summed E-state index contributed by atoms with van der Waals surface area (Å²) in [6, 6.07) is 13.0. The zero-order chi connectivity index (χ0) is 19.1. The van der Waals surface area contributed by atoms with Crippen LogP contribution in [0.3, 0.4) is 0 Å². The van der Waals surface area contributed by atoms with Gasteiger partial charge in [0.05, 0.1) is 17.6 Å². The van der Waals surface area contributed by atoms with Crippen molar-refractivity contribution in [1.29, 1.82) is 0 Å². The number of fused-ring (bicyclic) bond motifs is 1. The van der Waals surface area contributed by atoms with Gasteiger partial charge in [-0.05, 0) is 49.2 Å². The Hall–Kier alpha value is -2.95. The van der Waals surface area contributed by atoms with E-state index in [4.69, 9.17) is 4.74 Å². The predicted octanol–water partition coefficient (Wildman–Crippen LogP) is 5.15. The number of unbranched alkanes of at least 4 members (excludes halogenated alkanes) is 3. The van der Waals surface area contributed by atoms with Crippen LogP contribution < -0.4 is 10.1 Å². The SMILES string of the molecule is CCCCCCOc1cccc(NC(=O)c2nc3cccnc3cc2C)c1. The van der Waals surface area contributed by atoms with Crippen molar-refractivity contribution in [2.75, 3.05) is 11.9 Å². The normalized spacial score (nSPS) is 10.7. The molecule has 0 saturated heterocycles. The van der Waals surface area contributed by atoms with Crippen LogP contribution in [-0.2, 0) is 0 Å². The molecule has 2 heterocycles. The number of ether oxygens (including phenoxy) is 1. The Morgan fingerprint density at radius 3 is 2.81 bits per heavy atom. The first kappa shape index (κ1) is 18.8. The first-order chi connectivity index (χ1) is 13.2. The fourth-order valence-corrected chi connectivity index (χ4v) is 2.90. The molecule has 0 unspecified atom stereocenters. The number of amides is 1. The maximum absolute atomic E-state index is 12.7. The van der Waals surface area contributed by atoms with Crippen LogP contribution in [0.2, 0.25) is 0 Å². The smallest absolute Gasteiger partial charge is 0.274 e. The van der Waals surface area contributed by atoms with Gasteiger partial charge in [-0.15, -0.1) is 0 Å². The zero-order valence-electron chi connectivity index (χ0n) is 15.9. The van der Waals surface area contributed by atoms with E-state index >= 15 is 0 Å². The fraction of sp³-hybridized carbons (Fsp3) is 0.318. The molecule has 0 fully saturated rings. The van der Waals surface area contributed by atoms with Gasteiger partial charge in [0.1, 0.15) is 11.4 Å². The number of anilines is 1. The summed E-state index contributed by atoms with van der Waals surface area (Å²) in [5.41, 5.74) is 3.38. The predicted molar refractivity (Wildman–Crippen MR) is 108 cm³/mol. The molecule has 0 radical (unpaired) electrons. The molecule has 2 aromatic heterocycles. The van der Waals surface area contributed by atoms with Crippen molar-refractivity contribution in [1.82, 2.24) is 9.97 Å². The van der Waals surface area contributed by atoms with Gasteiger partial charge < -0.3 is 10.1 Å². The summed E-state index contributed by atoms with van der Waals surface area (Å²) in [7, 11) is 0. The van der Waals surface area contributed by atoms with Crippen LogP contribution in [0.25, 0.3) is 11.0 Å². The summed E-state index contributed by atoms with van der Waals surface area (Å²) in [5.74, 6) is 0.523. The highest BCUT2D eigenvalue weighted by Crippen LogP contribution is 2.20. The standard InChI is InChI=1S/C22H25N3O2/c1-3-4-5-6-13-27-18-10-7-9-17(15-18)24-22(26)21-16(2)14-20-19(25-21)11-8-12-23-20/h7-12,14-15H,3-6,13H2,1-2H3,(H,24,26). The van der Waals surface area contributed by atoms with E-state index in [1.165, 1.54) is 19.3 Å². The molecule has 0 atom stereocenters. The first-order valence-electron chi connectivity index (χ1n) is 9.44. The topological polar surface area (TPSA) is 64.1 Å². The van der Waals surface area contributed by atoms with Crippen molar-refractivity contribution in [2.24, 2.45) is 0 Å². The molecule has 3 rings (SSSR count). The minimum atomic E-state index is -0.238. The molecule has 0 bridgehead atoms. The number of benzene rings is 1. The van der Waals surface area contributed by atoms with Crippen LogP contribution in [0.1, 0.15) is 48.7 Å². The number of aromatic nitrogens is 2. The summed E-state index contributed by atoms with van der Waals surface area (Å²) < 4.78 is 5.79. The summed E-state index contributed by atoms with van der Waals surface area (Å²) in [5, 5.41) is 2.91. The lowest BCUT2D eigenvalue weighted by molar-refractivity contribution is 0.102. The van der Waals surface area contributed by atoms with Crippen LogP contribution >= 0.6 is 0 Å². The quantitative estimate of drug-likeness (QED) is 0.562. The molecule has 5 nitrogen and oxygen atoms in total. The van der Waals surface area contributed by atoms with Crippen LogP contribution in [0.15, 0.2) is 48.7 Å². The van der Waals surface area contributed by atoms with Gasteiger partial charge in [-0.25, -0.2) is 4.98 Å². The van der Waals surface area contributed by atoms with Crippen LogP contribution in [0.4, 0.5) is 5.69 Å². The maximum Gasteiger partial charge on any atom is 0.274 e. The average molecular weight is 363 g/mol. The van der Waals surface area contributed by atoms with Gasteiger partial charge in [-0.2, -0.15) is 0 Å². The minimum Gasteiger partial charge on any atom is -0.494 e. The second kappa shape index (κ2) is 9.12. The highest BCUT2D eigenvalue weighted by molar-refractivity contribution is 6.05. The lowest BCUT2D eigenvalue weighted by Gasteiger charge is -2.10. The Labute approximate surface area is 159 Å². The highest BCUT2D eigenvalue weighted by atomic mass is 16.5. The third-order valence-electron chi connectivity index (χ3n) is 4.35. The van der Waals surface area contributed by atoms with Crippen LogP contribution in [-0.4, -0.2) is 22.5 Å². The Bertz CT molecular complexity index is 924. The number of rotatable bonds is 8. The summed E-state index contributed by atoms with van der Waals surface area (Å²) in [6.07, 6.45) is 6.37. The fourth-order valence-electron chi connectivity index (χ4n) is 2.90. The van der Waals surface area contributed by atoms with Crippen molar-refractivity contribution in [3.05, 3.63) is 59.9 Å². The molecular weight excluding hydrogens is 338 g/mol. The average Bonchev–Trinajstić information content (AvgIpc) is 2.67. The van der Waals surface area contributed by atoms with E-state index in [9.17, 15) is 4.79 Å². The first-order valence-corrected chi connectivity index (χ1v) is 9.44. The van der Waals surface area contributed by atoms with E-state index in [2.05, 4.69) is 22.2 Å². The molecule has 27 heavy (non-hydrogen) atoms. The number of carbonyl (C=O) groups is 1. The molecule has 0 spiro atoms. The van der Waals surface area contributed by atoms with Crippen molar-refractivity contribution < 1.29 is 9.53 Å². The van der Waals surface area contributed by atoms with Crippen molar-refractivity contribution >= 4 is 22.6 Å². The number of hydrogen-bond acceptors (Lipinski definition) is 4. The van der Waals surface area contributed by atoms with E-state index in [0.29, 0.717) is 23.5 Å². The number of nitrogens with one attached hydrogen (secondary N) is 1. The molecule has 5 heteroatoms. The highest BCUT2D eigenvalue weighted by Gasteiger charge is 2.13. The molecule has 0 aliphatic carbocycles. The Morgan fingerprint density at radius 2 is 1.96 bits per heavy atom. The van der Waals surface area contributed by atoms with E-state index in [-0.39, 0.29) is 5.91 Å². The molecule has 140 valence electrons. The summed E-state index contributed by atoms with van der Waals surface area (Å²) in [6.45, 7) is 4.75. The van der Waals surface area contributed by atoms with Gasteiger partial charge in [-0.3, -0.25) is 9.78 Å². The maximum atomic E-state index is 12.7. The van der Waals surface area contributed by atoms with Gasteiger partial charge in [0.2, 0.25) is 0 Å². The minimum absolute atomic E-state index is 0.238. The van der Waals surface area contributed by atoms with E-state index in [1.54, 1.807) is 6.20 Å². The van der Waals surface area contributed by atoms with Gasteiger partial charge in [0.15, 0.2) is 0 Å². The number of hydrogen-bond donors (Lipinski definition) is 1. The third-order valence-corrected chi connectivity index (χ3v) is 4.35. The van der Waals surface area contributed by atoms with Crippen molar-refractivity contribution in [3.8, 4) is 5.75 Å². The lowest BCUT2D eigenvalue weighted by Crippen LogP contribution is -2.15. The van der Waals surface area contributed by atoms with E-state index < -0.39 is 0 Å². The van der Waals surface area contributed by atoms with Crippen molar-refractivity contribution in [3.63, 3.8) is 0 Å². The molecule has 1 amide bonds. The van der Waals surface area contributed by atoms with Crippen LogP contribution in [0.5, 0.6) is 5.75 Å². The van der Waals surface area contributed by atoms with Gasteiger partial charge in [-0.1, -0.05) is 32.3 Å². The monoisotopic (exact) mass is 363 g/mol. The number of carbonyl (C=O) groups excluding carboxylic acids is 1. The number of aryl methyl sites for hydroxylation is 1. The summed E-state index contributed by atoms with van der Waals surface area (Å²) in [4.78, 5) is 21.4. The third kappa shape index (κ3) is 5.03. The van der Waals surface area contributed by atoms with Crippen molar-refractivity contribution in [2.45, 2.75) is 39.5 Å². The molecule has 1 N–H and O–H groups in total. The second-order valence-electron chi connectivity index (χ2n) is 6.59. The molecular formula is C22H25N3O2. The second-order valence-corrected chi connectivity index (χ2v) is 6.59. The molecule has 3 aromatic rings.